The number of fused-ring (bicyclic) bond motifs is 5. The summed E-state index contributed by atoms with van der Waals surface area (Å²) in [7, 11) is 0. The third-order valence-electron chi connectivity index (χ3n) is 9.10. The maximum Gasteiger partial charge on any atom is 0.156 e. The van der Waals surface area contributed by atoms with Gasteiger partial charge in [0.25, 0.3) is 0 Å². The molecule has 140 valence electrons. The van der Waals surface area contributed by atoms with Crippen LogP contribution in [0.2, 0.25) is 0 Å². The SMILES string of the molecule is C#C[C@@]1(O)[C@@H](O)CC2C3C(CC[C@@]21C)[C@@]1(C)CC[C@@H](O)C[C@H]1C[C@@H]3O. The van der Waals surface area contributed by atoms with E-state index >= 15 is 0 Å². The summed E-state index contributed by atoms with van der Waals surface area (Å²) in [5, 5.41) is 42.7. The van der Waals surface area contributed by atoms with Crippen LogP contribution in [0.5, 0.6) is 0 Å². The Morgan fingerprint density at radius 1 is 0.960 bits per heavy atom. The second-order valence-electron chi connectivity index (χ2n) is 9.84. The second-order valence-corrected chi connectivity index (χ2v) is 9.84. The fourth-order valence-corrected chi connectivity index (χ4v) is 7.49. The van der Waals surface area contributed by atoms with Gasteiger partial charge >= 0.3 is 0 Å². The molecular weight excluding hydrogens is 316 g/mol. The van der Waals surface area contributed by atoms with Crippen molar-refractivity contribution in [2.24, 2.45) is 34.5 Å². The molecule has 10 atom stereocenters. The molecule has 0 heterocycles. The summed E-state index contributed by atoms with van der Waals surface area (Å²) in [6.07, 6.45) is 9.57. The fourth-order valence-electron chi connectivity index (χ4n) is 7.49. The molecule has 4 fully saturated rings. The standard InChI is InChI=1S/C21H32O4/c1-4-21(25)17(24)11-15-18-14(6-8-20(15,21)3)19(2)7-5-13(22)9-12(19)10-16(18)23/h1,12-18,22-25H,5-11H2,2-3H3/t12-,13+,14?,15?,16-,17-,18?,19-,20-,21+/m0/s1. The molecule has 4 rings (SSSR count). The normalized spacial score (nSPS) is 60.9. The number of hydrogen-bond donors (Lipinski definition) is 4. The zero-order valence-electron chi connectivity index (χ0n) is 15.4. The second kappa shape index (κ2) is 5.45. The molecule has 4 heteroatoms. The lowest BCUT2D eigenvalue weighted by atomic mass is 9.43. The van der Waals surface area contributed by atoms with E-state index in [0.717, 1.165) is 32.1 Å². The van der Waals surface area contributed by atoms with Crippen molar-refractivity contribution in [3.8, 4) is 12.3 Å². The van der Waals surface area contributed by atoms with Crippen LogP contribution in [0.25, 0.3) is 0 Å². The molecule has 0 bridgehead atoms. The van der Waals surface area contributed by atoms with Crippen molar-refractivity contribution in [3.63, 3.8) is 0 Å². The minimum absolute atomic E-state index is 0.0434. The van der Waals surface area contributed by atoms with Gasteiger partial charge in [0.1, 0.15) is 0 Å². The van der Waals surface area contributed by atoms with Crippen molar-refractivity contribution in [1.29, 1.82) is 0 Å². The molecule has 0 aliphatic heterocycles. The van der Waals surface area contributed by atoms with Crippen molar-refractivity contribution in [3.05, 3.63) is 0 Å². The van der Waals surface area contributed by atoms with E-state index in [1.165, 1.54) is 0 Å². The van der Waals surface area contributed by atoms with E-state index in [9.17, 15) is 20.4 Å². The van der Waals surface area contributed by atoms with Crippen LogP contribution in [0.4, 0.5) is 0 Å². The lowest BCUT2D eigenvalue weighted by Gasteiger charge is -2.62. The van der Waals surface area contributed by atoms with E-state index in [-0.39, 0.29) is 23.4 Å². The van der Waals surface area contributed by atoms with E-state index in [2.05, 4.69) is 12.8 Å². The highest BCUT2D eigenvalue weighted by molar-refractivity contribution is 5.27. The molecule has 25 heavy (non-hydrogen) atoms. The average Bonchev–Trinajstić information content (AvgIpc) is 2.77. The summed E-state index contributed by atoms with van der Waals surface area (Å²) in [6.45, 7) is 4.35. The number of aliphatic hydroxyl groups excluding tert-OH is 3. The van der Waals surface area contributed by atoms with Crippen LogP contribution in [0.15, 0.2) is 0 Å². The quantitative estimate of drug-likeness (QED) is 0.502. The maximum atomic E-state index is 11.0. The Morgan fingerprint density at radius 3 is 2.36 bits per heavy atom. The van der Waals surface area contributed by atoms with E-state index in [4.69, 9.17) is 6.42 Å². The molecule has 0 saturated heterocycles. The summed E-state index contributed by atoms with van der Waals surface area (Å²) in [5.41, 5.74) is -1.91. The van der Waals surface area contributed by atoms with Crippen molar-refractivity contribution in [2.45, 2.75) is 82.7 Å². The van der Waals surface area contributed by atoms with Gasteiger partial charge in [-0.3, -0.25) is 0 Å². The van der Waals surface area contributed by atoms with Crippen LogP contribution in [-0.4, -0.2) is 44.3 Å². The molecule has 0 radical (unpaired) electrons. The summed E-state index contributed by atoms with van der Waals surface area (Å²) in [4.78, 5) is 0. The highest BCUT2D eigenvalue weighted by Gasteiger charge is 2.68. The first kappa shape index (κ1) is 17.8. The monoisotopic (exact) mass is 348 g/mol. The average molecular weight is 348 g/mol. The highest BCUT2D eigenvalue weighted by Crippen LogP contribution is 2.68. The molecule has 0 aromatic heterocycles. The molecule has 3 unspecified atom stereocenters. The molecule has 0 amide bonds. The highest BCUT2D eigenvalue weighted by atomic mass is 16.3. The van der Waals surface area contributed by atoms with Crippen molar-refractivity contribution >= 4 is 0 Å². The van der Waals surface area contributed by atoms with Gasteiger partial charge in [-0.15, -0.1) is 6.42 Å². The predicted molar refractivity (Wildman–Crippen MR) is 94.3 cm³/mol. The first-order chi connectivity index (χ1) is 11.7. The summed E-state index contributed by atoms with van der Waals surface area (Å²) >= 11 is 0. The van der Waals surface area contributed by atoms with Gasteiger partial charge in [0.2, 0.25) is 0 Å². The first-order valence-corrected chi connectivity index (χ1v) is 9.91. The van der Waals surface area contributed by atoms with E-state index in [1.807, 2.05) is 6.92 Å². The zero-order valence-corrected chi connectivity index (χ0v) is 15.4. The molecule has 0 aromatic carbocycles. The van der Waals surface area contributed by atoms with Crippen LogP contribution in [-0.2, 0) is 0 Å². The lowest BCUT2D eigenvalue weighted by molar-refractivity contribution is -0.186. The smallest absolute Gasteiger partial charge is 0.156 e. The van der Waals surface area contributed by atoms with Gasteiger partial charge in [-0.2, -0.15) is 0 Å². The summed E-state index contributed by atoms with van der Waals surface area (Å²) < 4.78 is 0. The summed E-state index contributed by atoms with van der Waals surface area (Å²) in [6, 6.07) is 0. The number of aliphatic hydroxyl groups is 4. The van der Waals surface area contributed by atoms with Gasteiger partial charge in [0.05, 0.1) is 18.3 Å². The lowest BCUT2D eigenvalue weighted by Crippen LogP contribution is -2.60. The van der Waals surface area contributed by atoms with Crippen molar-refractivity contribution in [1.82, 2.24) is 0 Å². The minimum Gasteiger partial charge on any atom is -0.393 e. The Balaban J connectivity index is 1.72. The Kier molecular flexibility index (Phi) is 3.88. The third kappa shape index (κ3) is 2.10. The maximum absolute atomic E-state index is 11.0. The molecular formula is C21H32O4. The van der Waals surface area contributed by atoms with Gasteiger partial charge < -0.3 is 20.4 Å². The molecule has 4 saturated carbocycles. The van der Waals surface area contributed by atoms with Gasteiger partial charge in [0, 0.05) is 5.41 Å². The molecule has 4 aliphatic carbocycles. The topological polar surface area (TPSA) is 80.9 Å². The summed E-state index contributed by atoms with van der Waals surface area (Å²) in [5.74, 6) is 3.35. The van der Waals surface area contributed by atoms with Crippen LogP contribution in [0, 0.1) is 46.8 Å². The number of terminal acetylenes is 1. The largest absolute Gasteiger partial charge is 0.393 e. The Hall–Kier alpha value is -0.600. The third-order valence-corrected chi connectivity index (χ3v) is 9.10. The van der Waals surface area contributed by atoms with Gasteiger partial charge in [0.15, 0.2) is 5.60 Å². The molecule has 0 spiro atoms. The van der Waals surface area contributed by atoms with Crippen LogP contribution >= 0.6 is 0 Å². The van der Waals surface area contributed by atoms with Gasteiger partial charge in [-0.1, -0.05) is 19.8 Å². The molecule has 0 aromatic rings. The van der Waals surface area contributed by atoms with Crippen molar-refractivity contribution < 1.29 is 20.4 Å². The molecule has 4 aliphatic rings. The molecule has 4 nitrogen and oxygen atoms in total. The predicted octanol–water partition coefficient (Wildman–Crippen LogP) is 1.70. The first-order valence-electron chi connectivity index (χ1n) is 9.91. The van der Waals surface area contributed by atoms with Crippen molar-refractivity contribution in [2.75, 3.05) is 0 Å². The van der Waals surface area contributed by atoms with Crippen LogP contribution in [0.3, 0.4) is 0 Å². The van der Waals surface area contributed by atoms with Gasteiger partial charge in [-0.05, 0) is 74.0 Å². The number of hydrogen-bond acceptors (Lipinski definition) is 4. The fraction of sp³-hybridized carbons (Fsp3) is 0.905. The molecule has 4 N–H and O–H groups in total. The Labute approximate surface area is 150 Å². The Morgan fingerprint density at radius 2 is 1.68 bits per heavy atom. The van der Waals surface area contributed by atoms with Crippen LogP contribution in [0.1, 0.15) is 58.8 Å². The number of rotatable bonds is 0. The minimum atomic E-state index is -1.50. The Bertz CT molecular complexity index is 599. The van der Waals surface area contributed by atoms with E-state index in [1.54, 1.807) is 0 Å². The van der Waals surface area contributed by atoms with E-state index in [0.29, 0.717) is 24.7 Å². The van der Waals surface area contributed by atoms with E-state index < -0.39 is 23.2 Å². The van der Waals surface area contributed by atoms with Crippen LogP contribution < -0.4 is 0 Å². The van der Waals surface area contributed by atoms with Gasteiger partial charge in [-0.25, -0.2) is 0 Å². The zero-order chi connectivity index (χ0) is 18.2.